The Morgan fingerprint density at radius 3 is 0.978 bits per heavy atom. The average molecular weight is 1880 g/mol. The van der Waals surface area contributed by atoms with Crippen LogP contribution >= 0.6 is 0 Å². The van der Waals surface area contributed by atoms with E-state index in [1.54, 1.807) is 140 Å². The van der Waals surface area contributed by atoms with Gasteiger partial charge in [-0.1, -0.05) is 161 Å². The lowest BCUT2D eigenvalue weighted by atomic mass is 9.49. The Kier molecular flexibility index (Phi) is 43.1. The molecule has 0 radical (unpaired) electrons. The van der Waals surface area contributed by atoms with Crippen LogP contribution < -0.4 is 50.7 Å². The summed E-state index contributed by atoms with van der Waals surface area (Å²) in [7, 11) is 0. The monoisotopic (exact) mass is 1880 g/mol. The molecule has 1 saturated heterocycles. The summed E-state index contributed by atoms with van der Waals surface area (Å²) in [6.45, 7) is 8.34. The fourth-order valence-corrected chi connectivity index (χ4v) is 23.1. The van der Waals surface area contributed by atoms with E-state index in [0.717, 1.165) is 73.1 Å². The average Bonchev–Trinajstić information content (AvgIpc) is 1.52. The lowest BCUT2D eigenvalue weighted by Crippen LogP contribution is -2.54. The van der Waals surface area contributed by atoms with Crippen molar-refractivity contribution >= 4 is 88.4 Å². The summed E-state index contributed by atoms with van der Waals surface area (Å²) in [4.78, 5) is 133. The molecule has 16 aliphatic rings. The number of carboxylic acids is 10. The summed E-state index contributed by atoms with van der Waals surface area (Å²) in [6, 6.07) is 47.8. The predicted molar refractivity (Wildman–Crippen MR) is 466 cm³/mol. The van der Waals surface area contributed by atoms with Crippen LogP contribution in [0.3, 0.4) is 0 Å². The zero-order chi connectivity index (χ0) is 100. The first-order valence-corrected chi connectivity index (χ1v) is 45.7. The van der Waals surface area contributed by atoms with Crippen LogP contribution in [0.1, 0.15) is 232 Å². The molecule has 29 nitrogen and oxygen atoms in total. The van der Waals surface area contributed by atoms with E-state index in [0.29, 0.717) is 78.0 Å². The second kappa shape index (κ2) is 52.1. The standard InChI is InChI=1S/C13H18O4.C12H16O6.C12H18.C11H16O2.C10H8.C8H5F3O3.C8H8O3.C7H12.C6H6O.C6H6.5C2H4O2/c14-11(15)7-17-12(16)13-4-8-1-9(5-13)3-10(2-8)6-13;1-10(2)11(3)4-5-12(10,18-8(11)15)9(16)17-6-7(13)14;1-2-8-5-7(1)11-9-3-4-10(6-9)12(8)11;12-10(13)11-4-7-1-8(5-11)3-9(2-7)6-11;1-2-6-10-8-4-3-7-9(10)5-1;9-8(10,11)4-1-2-5(7(13)14)6(12)3-4;9-8(10)6-11-7-4-2-1-3-5-7;1-2-7-4-3-6(1)5-7;7-6-4-2-1-3-5-6;1-2-4-6-5-3-1;5*1-2(3)4/h8-10H,1-7H2,(H,14,15);4-6H2,1-3H3,(H,13,14);7-12H,1-6H2;7-9H,1-6H2,(H,12,13);1-8H;1-3,12H,(H,13,14);1-5H,6H2,(H,9,10);6-7H,1-5H2;1-5,7H;1-6H;5*1H3,(H,3,4)/p-9. The first-order valence-electron chi connectivity index (χ1n) is 45.7. The van der Waals surface area contributed by atoms with E-state index in [1.807, 2.05) is 48.5 Å². The summed E-state index contributed by atoms with van der Waals surface area (Å²) in [5.74, 6) is 0.545. The van der Waals surface area contributed by atoms with Gasteiger partial charge in [0.15, 0.2) is 0 Å². The Bertz CT molecular complexity index is 4570. The number of benzene rings is 6. The number of hydrogen-bond donors (Lipinski definition) is 3. The molecule has 16 bridgehead atoms. The predicted octanol–water partition coefficient (Wildman–Crippen LogP) is 7.75. The van der Waals surface area contributed by atoms with Crippen LogP contribution in [0.5, 0.6) is 17.2 Å². The molecule has 0 spiro atoms. The van der Waals surface area contributed by atoms with Gasteiger partial charge in [0.1, 0.15) is 42.6 Å². The highest BCUT2D eigenvalue weighted by atomic mass is 19.4. The highest BCUT2D eigenvalue weighted by Crippen LogP contribution is 2.69. The Hall–Kier alpha value is -12.1. The van der Waals surface area contributed by atoms with E-state index in [-0.39, 0.29) is 11.4 Å². The van der Waals surface area contributed by atoms with Crippen molar-refractivity contribution < 1.29 is 156 Å². The number of hydrogen-bond acceptors (Lipinski definition) is 28. The van der Waals surface area contributed by atoms with E-state index >= 15 is 0 Å². The van der Waals surface area contributed by atoms with Crippen molar-refractivity contribution in [2.75, 3.05) is 19.8 Å². The van der Waals surface area contributed by atoms with Gasteiger partial charge in [-0.05, 0) is 312 Å². The first-order chi connectivity index (χ1) is 63.4. The van der Waals surface area contributed by atoms with Crippen molar-refractivity contribution in [3.63, 3.8) is 0 Å². The highest BCUT2D eigenvalue weighted by molar-refractivity contribution is 5.94. The number of halogens is 3. The molecule has 6 aromatic carbocycles. The number of aromatic carboxylic acids is 1. The number of carboxylic acid groups (broad SMARTS) is 10. The second-order valence-corrected chi connectivity index (χ2v) is 38.0. The van der Waals surface area contributed by atoms with E-state index in [1.165, 1.54) is 96.6 Å². The van der Waals surface area contributed by atoms with Gasteiger partial charge in [0.25, 0.3) is 0 Å². The summed E-state index contributed by atoms with van der Waals surface area (Å²) >= 11 is 0. The molecule has 0 amide bonds. The SMILES string of the molecule is C1CC2CC1C1C3CCC(C3)C21.C1CC2CCC1C2.CC(=O)[O-].CC(=O)[O-].CC(=O)[O-].CC(=O)[O-].CC(=O)[O-].CC12CCC(C(=O)OCC(=O)[O-])(OC1=O)C2(C)C.O=C(O)c1ccc(C(F)(F)F)cc1O.O=C([O-])C12CC3CC(CC(C3)C1)C2.O=C([O-])COC(=O)C12CC3CC(CC(C3)C1)C2.O=C([O-])COc1ccccc1.Oc1ccccc1.c1ccc2ccccc2c1.c1ccccc1. The topological polar surface area (TPSA) is 527 Å². The fourth-order valence-electron chi connectivity index (χ4n) is 23.1. The molecule has 32 heteroatoms. The maximum Gasteiger partial charge on any atom is 0.416 e. The molecule has 6 atom stereocenters. The van der Waals surface area contributed by atoms with Crippen molar-refractivity contribution in [1.82, 2.24) is 0 Å². The number of esters is 3. The Morgan fingerprint density at radius 1 is 0.400 bits per heavy atom. The largest absolute Gasteiger partial charge is 0.550 e. The number of alkyl halides is 3. The quantitative estimate of drug-likeness (QED) is 0.0633. The maximum atomic E-state index is 12.1. The zero-order valence-electron chi connectivity index (χ0n) is 77.6. The number of carbonyl (C=O) groups is 13. The molecule has 1 aliphatic heterocycles. The number of carbonyl (C=O) groups excluding carboxylic acids is 12. The molecule has 16 fully saturated rings. The fraction of sp³-hybridized carbons (Fsp3) is 0.544. The van der Waals surface area contributed by atoms with E-state index < -0.39 is 136 Å². The second-order valence-electron chi connectivity index (χ2n) is 38.0. The molecule has 0 aromatic heterocycles. The molecule has 3 N–H and O–H groups in total. The third kappa shape index (κ3) is 34.3. The molecule has 740 valence electrons. The number of phenolic OH excluding ortho intramolecular Hbond substituents is 1. The van der Waals surface area contributed by atoms with Crippen LogP contribution in [0.4, 0.5) is 13.2 Å². The summed E-state index contributed by atoms with van der Waals surface area (Å²) < 4.78 is 55.7. The van der Waals surface area contributed by atoms with Gasteiger partial charge in [-0.3, -0.25) is 9.59 Å². The normalized spacial score (nSPS) is 28.0. The van der Waals surface area contributed by atoms with E-state index in [9.17, 15) is 72.0 Å². The summed E-state index contributed by atoms with van der Waals surface area (Å²) in [6.07, 6.45) is 27.0. The van der Waals surface area contributed by atoms with E-state index in [2.05, 4.69) is 53.3 Å². The molecule has 22 rings (SSSR count). The van der Waals surface area contributed by atoms with Crippen molar-refractivity contribution in [3.05, 3.63) is 175 Å². The highest BCUT2D eigenvalue weighted by Gasteiger charge is 2.76. The minimum atomic E-state index is -4.59. The van der Waals surface area contributed by atoms with Gasteiger partial charge in [-0.25, -0.2) is 9.59 Å². The number of rotatable bonds is 11. The van der Waals surface area contributed by atoms with Crippen molar-refractivity contribution in [2.45, 2.75) is 228 Å². The first kappa shape index (κ1) is 112. The van der Waals surface area contributed by atoms with Gasteiger partial charge in [0.2, 0.25) is 5.60 Å². The number of fused-ring (bicyclic) bond motifs is 14. The number of ether oxygens (including phenoxy) is 4. The number of para-hydroxylation sites is 2. The van der Waals surface area contributed by atoms with Crippen LogP contribution in [0.2, 0.25) is 0 Å². The van der Waals surface area contributed by atoms with Gasteiger partial charge in [-0.15, -0.1) is 0 Å². The Balaban J connectivity index is 0.000000228. The van der Waals surface area contributed by atoms with Crippen LogP contribution in [0, 0.1) is 105 Å². The van der Waals surface area contributed by atoms with Gasteiger partial charge < -0.3 is 123 Å². The molecule has 15 saturated carbocycles. The molecule has 6 unspecified atom stereocenters. The van der Waals surface area contributed by atoms with Crippen LogP contribution in [-0.2, 0) is 77.9 Å². The molecule has 6 aromatic rings. The number of phenols is 2. The van der Waals surface area contributed by atoms with Crippen molar-refractivity contribution in [2.24, 2.45) is 105 Å². The molecular weight excluding hydrogens is 1760 g/mol. The van der Waals surface area contributed by atoms with Crippen LogP contribution in [-0.4, -0.2) is 118 Å². The lowest BCUT2D eigenvalue weighted by molar-refractivity contribution is -0.327. The summed E-state index contributed by atoms with van der Waals surface area (Å²) in [5.41, 5.74) is -5.21. The van der Waals surface area contributed by atoms with Gasteiger partial charge in [0, 0.05) is 46.6 Å². The maximum absolute atomic E-state index is 12.1. The third-order valence-corrected chi connectivity index (χ3v) is 28.0. The van der Waals surface area contributed by atoms with E-state index in [4.69, 9.17) is 79.0 Å². The zero-order valence-corrected chi connectivity index (χ0v) is 77.6. The van der Waals surface area contributed by atoms with Gasteiger partial charge in [0.05, 0.1) is 34.3 Å². The number of aromatic hydroxyl groups is 2. The van der Waals surface area contributed by atoms with Crippen molar-refractivity contribution in [3.8, 4) is 17.2 Å². The number of aliphatic carboxylic acids is 9. The smallest absolute Gasteiger partial charge is 0.416 e. The molecule has 15 aliphatic carbocycles. The Morgan fingerprint density at radius 2 is 0.711 bits per heavy atom. The van der Waals surface area contributed by atoms with Crippen molar-refractivity contribution in [1.29, 1.82) is 0 Å². The minimum absolute atomic E-state index is 0.291. The van der Waals surface area contributed by atoms with Crippen LogP contribution in [0.25, 0.3) is 10.8 Å². The van der Waals surface area contributed by atoms with Gasteiger partial charge in [-0.2, -0.15) is 13.2 Å². The Labute approximate surface area is 784 Å². The summed E-state index contributed by atoms with van der Waals surface area (Å²) in [5, 5.41) is 115. The third-order valence-electron chi connectivity index (χ3n) is 28.0. The molecule has 135 heavy (non-hydrogen) atoms. The van der Waals surface area contributed by atoms with Crippen LogP contribution in [0.15, 0.2) is 164 Å². The van der Waals surface area contributed by atoms with Gasteiger partial charge >= 0.3 is 30.1 Å². The molecular formula is C103H124F3O29-9. The minimum Gasteiger partial charge on any atom is -0.550 e. The molecule has 1 heterocycles. The lowest BCUT2D eigenvalue weighted by Gasteiger charge is -2.57.